The molecule has 0 unspecified atom stereocenters. The molecule has 0 atom stereocenters. The van der Waals surface area contributed by atoms with Gasteiger partial charge in [-0.1, -0.05) is 0 Å². The summed E-state index contributed by atoms with van der Waals surface area (Å²) in [5, 5.41) is 3.25. The van der Waals surface area contributed by atoms with Crippen LogP contribution in [0.2, 0.25) is 0 Å². The van der Waals surface area contributed by atoms with Crippen molar-refractivity contribution in [3.05, 3.63) is 24.3 Å². The summed E-state index contributed by atoms with van der Waals surface area (Å²) in [5.74, 6) is 0.932. The van der Waals surface area contributed by atoms with Crippen molar-refractivity contribution in [2.24, 2.45) is 0 Å². The Morgan fingerprint density at radius 1 is 1.08 bits per heavy atom. The lowest BCUT2D eigenvalue weighted by atomic mass is 10.2. The van der Waals surface area contributed by atoms with E-state index in [0.717, 1.165) is 11.4 Å². The van der Waals surface area contributed by atoms with Crippen molar-refractivity contribution in [1.82, 2.24) is 9.80 Å². The van der Waals surface area contributed by atoms with Crippen molar-refractivity contribution in [1.29, 1.82) is 0 Å². The van der Waals surface area contributed by atoms with Crippen LogP contribution in [-0.2, 0) is 9.53 Å². The Morgan fingerprint density at radius 3 is 2.27 bits per heavy atom. The number of nitrogens with one attached hydrogen (secondary N) is 1. The molecule has 144 valence electrons. The Balaban J connectivity index is 1.68. The molecule has 0 radical (unpaired) electrons. The Labute approximate surface area is 155 Å². The second kappa shape index (κ2) is 9.89. The van der Waals surface area contributed by atoms with Gasteiger partial charge in [-0.05, 0) is 45.0 Å². The zero-order chi connectivity index (χ0) is 18.9. The molecule has 0 spiro atoms. The maximum Gasteiger partial charge on any atom is 0.409 e. The number of anilines is 1. The molecule has 7 nitrogen and oxygen atoms in total. The summed E-state index contributed by atoms with van der Waals surface area (Å²) >= 11 is 0. The summed E-state index contributed by atoms with van der Waals surface area (Å²) < 4.78 is 10.6. The smallest absolute Gasteiger partial charge is 0.409 e. The van der Waals surface area contributed by atoms with Crippen LogP contribution in [-0.4, -0.2) is 67.2 Å². The fourth-order valence-electron chi connectivity index (χ4n) is 2.75. The maximum atomic E-state index is 12.3. The molecular weight excluding hydrogens is 334 g/mol. The summed E-state index contributed by atoms with van der Waals surface area (Å²) in [6.45, 7) is 8.86. The highest BCUT2D eigenvalue weighted by Gasteiger charge is 2.24. The average molecular weight is 363 g/mol. The lowest BCUT2D eigenvalue weighted by molar-refractivity contribution is -0.132. The third kappa shape index (κ3) is 6.13. The van der Waals surface area contributed by atoms with E-state index in [2.05, 4.69) is 5.32 Å². The molecule has 0 aliphatic carbocycles. The van der Waals surface area contributed by atoms with Gasteiger partial charge < -0.3 is 24.6 Å². The minimum absolute atomic E-state index is 0.0979. The molecule has 7 heteroatoms. The van der Waals surface area contributed by atoms with Crippen molar-refractivity contribution in [3.63, 3.8) is 0 Å². The van der Waals surface area contributed by atoms with E-state index in [1.54, 1.807) is 16.7 Å². The summed E-state index contributed by atoms with van der Waals surface area (Å²) in [7, 11) is 0. The second-order valence-corrected chi connectivity index (χ2v) is 6.43. The van der Waals surface area contributed by atoms with Crippen LogP contribution in [0.25, 0.3) is 0 Å². The van der Waals surface area contributed by atoms with E-state index in [0.29, 0.717) is 45.8 Å². The summed E-state index contributed by atoms with van der Waals surface area (Å²) in [4.78, 5) is 27.4. The minimum Gasteiger partial charge on any atom is -0.491 e. The first-order valence-corrected chi connectivity index (χ1v) is 9.19. The molecule has 1 aromatic carbocycles. The first-order valence-electron chi connectivity index (χ1n) is 9.19. The number of piperazine rings is 1. The SMILES string of the molecule is CCOC(=O)N1CCN(C(=O)CCNc2ccc(OC(C)C)cc2)CC1. The van der Waals surface area contributed by atoms with E-state index in [4.69, 9.17) is 9.47 Å². The van der Waals surface area contributed by atoms with E-state index < -0.39 is 0 Å². The molecular formula is C19H29N3O4. The number of amides is 2. The Bertz CT molecular complexity index is 581. The molecule has 26 heavy (non-hydrogen) atoms. The van der Waals surface area contributed by atoms with Gasteiger partial charge in [0.15, 0.2) is 0 Å². The minimum atomic E-state index is -0.300. The van der Waals surface area contributed by atoms with E-state index in [1.807, 2.05) is 38.1 Å². The van der Waals surface area contributed by atoms with Crippen LogP contribution in [0.15, 0.2) is 24.3 Å². The molecule has 2 amide bonds. The monoisotopic (exact) mass is 363 g/mol. The van der Waals surface area contributed by atoms with Crippen LogP contribution in [0.3, 0.4) is 0 Å². The van der Waals surface area contributed by atoms with Gasteiger partial charge in [-0.25, -0.2) is 4.79 Å². The predicted molar refractivity (Wildman–Crippen MR) is 100 cm³/mol. The Hall–Kier alpha value is -2.44. The van der Waals surface area contributed by atoms with Gasteiger partial charge in [0.25, 0.3) is 0 Å². The Kier molecular flexibility index (Phi) is 7.56. The lowest BCUT2D eigenvalue weighted by Gasteiger charge is -2.34. The van der Waals surface area contributed by atoms with E-state index >= 15 is 0 Å². The topological polar surface area (TPSA) is 71.1 Å². The van der Waals surface area contributed by atoms with Crippen LogP contribution in [0.5, 0.6) is 5.75 Å². The third-order valence-corrected chi connectivity index (χ3v) is 4.05. The standard InChI is InChI=1S/C19H29N3O4/c1-4-25-19(24)22-13-11-21(12-14-22)18(23)9-10-20-16-5-7-17(8-6-16)26-15(2)3/h5-8,15,20H,4,9-14H2,1-3H3. The number of benzene rings is 1. The van der Waals surface area contributed by atoms with Crippen molar-refractivity contribution in [2.75, 3.05) is 44.6 Å². The van der Waals surface area contributed by atoms with Crippen molar-refractivity contribution < 1.29 is 19.1 Å². The van der Waals surface area contributed by atoms with Crippen LogP contribution in [0.4, 0.5) is 10.5 Å². The highest BCUT2D eigenvalue weighted by Crippen LogP contribution is 2.17. The molecule has 1 N–H and O–H groups in total. The fraction of sp³-hybridized carbons (Fsp3) is 0.579. The summed E-state index contributed by atoms with van der Waals surface area (Å²) in [6, 6.07) is 7.72. The fourth-order valence-corrected chi connectivity index (χ4v) is 2.75. The molecule has 0 aromatic heterocycles. The van der Waals surface area contributed by atoms with Gasteiger partial charge >= 0.3 is 6.09 Å². The van der Waals surface area contributed by atoms with Gasteiger partial charge in [0, 0.05) is 44.8 Å². The first-order chi connectivity index (χ1) is 12.5. The van der Waals surface area contributed by atoms with Gasteiger partial charge in [-0.3, -0.25) is 4.79 Å². The van der Waals surface area contributed by atoms with Gasteiger partial charge in [0.1, 0.15) is 5.75 Å². The number of rotatable bonds is 7. The normalized spacial score (nSPS) is 14.3. The molecule has 1 aromatic rings. The number of hydrogen-bond acceptors (Lipinski definition) is 5. The van der Waals surface area contributed by atoms with Crippen LogP contribution >= 0.6 is 0 Å². The molecule has 1 saturated heterocycles. The van der Waals surface area contributed by atoms with E-state index in [9.17, 15) is 9.59 Å². The first kappa shape index (κ1) is 19.9. The molecule has 0 bridgehead atoms. The molecule has 1 heterocycles. The van der Waals surface area contributed by atoms with Crippen molar-refractivity contribution in [3.8, 4) is 5.75 Å². The molecule has 1 aliphatic rings. The number of hydrogen-bond donors (Lipinski definition) is 1. The van der Waals surface area contributed by atoms with Gasteiger partial charge in [-0.2, -0.15) is 0 Å². The van der Waals surface area contributed by atoms with Crippen molar-refractivity contribution in [2.45, 2.75) is 33.3 Å². The summed E-state index contributed by atoms with van der Waals surface area (Å²) in [6.07, 6.45) is 0.269. The molecule has 0 saturated carbocycles. The predicted octanol–water partition coefficient (Wildman–Crippen LogP) is 2.58. The van der Waals surface area contributed by atoms with Crippen LogP contribution in [0, 0.1) is 0 Å². The quantitative estimate of drug-likeness (QED) is 0.806. The summed E-state index contributed by atoms with van der Waals surface area (Å²) in [5.41, 5.74) is 0.959. The number of carbonyl (C=O) groups is 2. The van der Waals surface area contributed by atoms with Gasteiger partial charge in [0.2, 0.25) is 5.91 Å². The van der Waals surface area contributed by atoms with Crippen molar-refractivity contribution >= 4 is 17.7 Å². The second-order valence-electron chi connectivity index (χ2n) is 6.43. The highest BCUT2D eigenvalue weighted by atomic mass is 16.6. The van der Waals surface area contributed by atoms with Crippen LogP contribution < -0.4 is 10.1 Å². The average Bonchev–Trinajstić information content (AvgIpc) is 2.63. The van der Waals surface area contributed by atoms with Gasteiger partial charge in [-0.15, -0.1) is 0 Å². The zero-order valence-electron chi connectivity index (χ0n) is 15.9. The van der Waals surface area contributed by atoms with Crippen LogP contribution in [0.1, 0.15) is 27.2 Å². The third-order valence-electron chi connectivity index (χ3n) is 4.05. The molecule has 1 aliphatic heterocycles. The largest absolute Gasteiger partial charge is 0.491 e. The Morgan fingerprint density at radius 2 is 1.69 bits per heavy atom. The zero-order valence-corrected chi connectivity index (χ0v) is 15.9. The van der Waals surface area contributed by atoms with E-state index in [-0.39, 0.29) is 18.1 Å². The number of carbonyl (C=O) groups excluding carboxylic acids is 2. The number of ether oxygens (including phenoxy) is 2. The van der Waals surface area contributed by atoms with E-state index in [1.165, 1.54) is 0 Å². The molecule has 2 rings (SSSR count). The number of nitrogens with zero attached hydrogens (tertiary/aromatic N) is 2. The lowest BCUT2D eigenvalue weighted by Crippen LogP contribution is -2.50. The maximum absolute atomic E-state index is 12.3. The highest BCUT2D eigenvalue weighted by molar-refractivity contribution is 5.77. The molecule has 1 fully saturated rings. The van der Waals surface area contributed by atoms with Gasteiger partial charge in [0.05, 0.1) is 12.7 Å².